The van der Waals surface area contributed by atoms with Crippen LogP contribution in [0.1, 0.15) is 35.5 Å². The maximum absolute atomic E-state index is 12.4. The molecule has 0 saturated carbocycles. The Labute approximate surface area is 133 Å². The van der Waals surface area contributed by atoms with E-state index >= 15 is 0 Å². The van der Waals surface area contributed by atoms with Crippen molar-refractivity contribution in [1.82, 2.24) is 5.32 Å². The van der Waals surface area contributed by atoms with Crippen LogP contribution in [-0.4, -0.2) is 5.91 Å². The fourth-order valence-corrected chi connectivity index (χ4v) is 2.64. The Morgan fingerprint density at radius 3 is 2.68 bits per heavy atom. The Hall–Kier alpha value is -2.26. The minimum absolute atomic E-state index is 0.0366. The number of nitrogens with one attached hydrogen (secondary N) is 1. The molecule has 1 N–H and O–H groups in total. The van der Waals surface area contributed by atoms with Gasteiger partial charge >= 0.3 is 0 Å². The molecule has 0 unspecified atom stereocenters. The molecule has 2 aromatic carbocycles. The molecule has 0 aliphatic heterocycles. The lowest BCUT2D eigenvalue weighted by atomic mass is 10.0. The van der Waals surface area contributed by atoms with Crippen LogP contribution in [0.15, 0.2) is 59.0 Å². The van der Waals surface area contributed by atoms with Crippen LogP contribution in [0, 0.1) is 0 Å². The van der Waals surface area contributed by atoms with Crippen molar-refractivity contribution in [3.8, 4) is 0 Å². The first kappa shape index (κ1) is 14.7. The molecule has 0 bridgehead atoms. The summed E-state index contributed by atoms with van der Waals surface area (Å²) in [4.78, 5) is 12.4. The highest BCUT2D eigenvalue weighted by Gasteiger charge is 2.17. The second-order valence-corrected chi connectivity index (χ2v) is 5.57. The predicted octanol–water partition coefficient (Wildman–Crippen LogP) is 4.97. The summed E-state index contributed by atoms with van der Waals surface area (Å²) in [6.45, 7) is 2.04. The van der Waals surface area contributed by atoms with Gasteiger partial charge in [-0.15, -0.1) is 0 Å². The van der Waals surface area contributed by atoms with Gasteiger partial charge in [0, 0.05) is 10.4 Å². The van der Waals surface area contributed by atoms with E-state index in [1.807, 2.05) is 37.3 Å². The molecule has 3 rings (SSSR count). The van der Waals surface area contributed by atoms with E-state index in [9.17, 15) is 4.79 Å². The standard InChI is InChI=1S/C18H16ClNO2/c1-2-15(12-6-4-3-5-7-12)20-18(21)17-11-13-10-14(19)8-9-16(13)22-17/h3-11,15H,2H2,1H3,(H,20,21)/t15-/m1/s1. The highest BCUT2D eigenvalue weighted by atomic mass is 35.5. The number of halogens is 1. The minimum atomic E-state index is -0.219. The Balaban J connectivity index is 1.83. The molecular weight excluding hydrogens is 298 g/mol. The summed E-state index contributed by atoms with van der Waals surface area (Å²) in [6.07, 6.45) is 0.807. The van der Waals surface area contributed by atoms with Gasteiger partial charge in [-0.1, -0.05) is 48.9 Å². The molecule has 3 nitrogen and oxygen atoms in total. The topological polar surface area (TPSA) is 42.2 Å². The van der Waals surface area contributed by atoms with Gasteiger partial charge in [-0.25, -0.2) is 0 Å². The van der Waals surface area contributed by atoms with Crippen LogP contribution in [0.2, 0.25) is 5.02 Å². The van der Waals surface area contributed by atoms with Crippen molar-refractivity contribution >= 4 is 28.5 Å². The van der Waals surface area contributed by atoms with Gasteiger partial charge in [0.25, 0.3) is 5.91 Å². The fourth-order valence-electron chi connectivity index (χ4n) is 2.46. The summed E-state index contributed by atoms with van der Waals surface area (Å²) in [7, 11) is 0. The first-order chi connectivity index (χ1) is 10.7. The summed E-state index contributed by atoms with van der Waals surface area (Å²) in [5, 5.41) is 4.45. The summed E-state index contributed by atoms with van der Waals surface area (Å²) in [5.74, 6) is 0.0784. The van der Waals surface area contributed by atoms with Crippen molar-refractivity contribution in [3.63, 3.8) is 0 Å². The van der Waals surface area contributed by atoms with Crippen LogP contribution in [0.4, 0.5) is 0 Å². The van der Waals surface area contributed by atoms with Crippen molar-refractivity contribution in [2.45, 2.75) is 19.4 Å². The average molecular weight is 314 g/mol. The largest absolute Gasteiger partial charge is 0.451 e. The second-order valence-electron chi connectivity index (χ2n) is 5.14. The minimum Gasteiger partial charge on any atom is -0.451 e. The predicted molar refractivity (Wildman–Crippen MR) is 88.2 cm³/mol. The molecule has 0 aliphatic carbocycles. The van der Waals surface area contributed by atoms with Gasteiger partial charge in [0.1, 0.15) is 5.58 Å². The molecule has 4 heteroatoms. The normalized spacial score (nSPS) is 12.3. The zero-order chi connectivity index (χ0) is 15.5. The molecular formula is C18H16ClNO2. The van der Waals surface area contributed by atoms with Crippen LogP contribution in [0.25, 0.3) is 11.0 Å². The number of carbonyl (C=O) groups is 1. The maximum atomic E-state index is 12.4. The lowest BCUT2D eigenvalue weighted by Gasteiger charge is -2.16. The van der Waals surface area contributed by atoms with E-state index < -0.39 is 0 Å². The van der Waals surface area contributed by atoms with E-state index in [2.05, 4.69) is 5.32 Å². The molecule has 3 aromatic rings. The molecule has 1 aromatic heterocycles. The quantitative estimate of drug-likeness (QED) is 0.739. The van der Waals surface area contributed by atoms with E-state index in [1.165, 1.54) is 0 Å². The number of carbonyl (C=O) groups excluding carboxylic acids is 1. The number of hydrogen-bond donors (Lipinski definition) is 1. The number of rotatable bonds is 4. The zero-order valence-corrected chi connectivity index (χ0v) is 12.9. The van der Waals surface area contributed by atoms with Gasteiger partial charge < -0.3 is 9.73 Å². The van der Waals surface area contributed by atoms with E-state index in [0.29, 0.717) is 16.4 Å². The van der Waals surface area contributed by atoms with Crippen molar-refractivity contribution in [2.75, 3.05) is 0 Å². The molecule has 0 saturated heterocycles. The Morgan fingerprint density at radius 2 is 1.95 bits per heavy atom. The Bertz CT molecular complexity index is 795. The first-order valence-electron chi connectivity index (χ1n) is 7.22. The van der Waals surface area contributed by atoms with Crippen LogP contribution >= 0.6 is 11.6 Å². The van der Waals surface area contributed by atoms with Crippen LogP contribution in [0.3, 0.4) is 0 Å². The number of amides is 1. The van der Waals surface area contributed by atoms with E-state index in [-0.39, 0.29) is 11.9 Å². The van der Waals surface area contributed by atoms with Crippen LogP contribution in [-0.2, 0) is 0 Å². The molecule has 0 aliphatic rings. The van der Waals surface area contributed by atoms with E-state index in [1.54, 1.807) is 24.3 Å². The molecule has 0 fully saturated rings. The fraction of sp³-hybridized carbons (Fsp3) is 0.167. The van der Waals surface area contributed by atoms with Crippen LogP contribution < -0.4 is 5.32 Å². The van der Waals surface area contributed by atoms with Gasteiger partial charge in [0.05, 0.1) is 6.04 Å². The highest BCUT2D eigenvalue weighted by Crippen LogP contribution is 2.24. The highest BCUT2D eigenvalue weighted by molar-refractivity contribution is 6.31. The third kappa shape index (κ3) is 3.00. The van der Waals surface area contributed by atoms with Gasteiger partial charge in [0.2, 0.25) is 0 Å². The number of fused-ring (bicyclic) bond motifs is 1. The van der Waals surface area contributed by atoms with E-state index in [4.69, 9.17) is 16.0 Å². The van der Waals surface area contributed by atoms with Crippen molar-refractivity contribution < 1.29 is 9.21 Å². The monoisotopic (exact) mass is 313 g/mol. The summed E-state index contributed by atoms with van der Waals surface area (Å²) < 4.78 is 5.60. The molecule has 112 valence electrons. The van der Waals surface area contributed by atoms with Gasteiger partial charge in [-0.2, -0.15) is 0 Å². The third-order valence-corrected chi connectivity index (χ3v) is 3.85. The maximum Gasteiger partial charge on any atom is 0.287 e. The molecule has 22 heavy (non-hydrogen) atoms. The Morgan fingerprint density at radius 1 is 1.18 bits per heavy atom. The smallest absolute Gasteiger partial charge is 0.287 e. The lowest BCUT2D eigenvalue weighted by molar-refractivity contribution is 0.0909. The number of furan rings is 1. The van der Waals surface area contributed by atoms with Crippen molar-refractivity contribution in [3.05, 3.63) is 70.9 Å². The first-order valence-corrected chi connectivity index (χ1v) is 7.60. The molecule has 1 atom stereocenters. The lowest BCUT2D eigenvalue weighted by Crippen LogP contribution is -2.27. The molecule has 1 amide bonds. The summed E-state index contributed by atoms with van der Waals surface area (Å²) >= 11 is 5.95. The SMILES string of the molecule is CC[C@@H](NC(=O)c1cc2cc(Cl)ccc2o1)c1ccccc1. The number of benzene rings is 2. The van der Waals surface area contributed by atoms with Crippen LogP contribution in [0.5, 0.6) is 0 Å². The zero-order valence-electron chi connectivity index (χ0n) is 12.2. The molecule has 0 radical (unpaired) electrons. The van der Waals surface area contributed by atoms with Crippen molar-refractivity contribution in [2.24, 2.45) is 0 Å². The molecule has 0 spiro atoms. The summed E-state index contributed by atoms with van der Waals surface area (Å²) in [6, 6.07) is 16.9. The second kappa shape index (κ2) is 6.24. The number of hydrogen-bond acceptors (Lipinski definition) is 2. The summed E-state index contributed by atoms with van der Waals surface area (Å²) in [5.41, 5.74) is 1.74. The van der Waals surface area contributed by atoms with E-state index in [0.717, 1.165) is 17.4 Å². The van der Waals surface area contributed by atoms with Gasteiger partial charge in [-0.3, -0.25) is 4.79 Å². The van der Waals surface area contributed by atoms with Gasteiger partial charge in [0.15, 0.2) is 5.76 Å². The van der Waals surface area contributed by atoms with Gasteiger partial charge in [-0.05, 0) is 36.2 Å². The average Bonchev–Trinajstić information content (AvgIpc) is 2.96. The molecule has 1 heterocycles. The van der Waals surface area contributed by atoms with Crippen molar-refractivity contribution in [1.29, 1.82) is 0 Å². The third-order valence-electron chi connectivity index (χ3n) is 3.62. The Kier molecular flexibility index (Phi) is 4.16.